The third-order valence-electron chi connectivity index (χ3n) is 7.32. The average Bonchev–Trinajstić information content (AvgIpc) is 3.25. The fraction of sp³-hybridized carbons (Fsp3) is 0.706. The Morgan fingerprint density at radius 1 is 0.745 bits per heavy atom. The molecule has 13 nitrogen and oxygen atoms in total. The molecule has 1 aromatic carbocycles. The van der Waals surface area contributed by atoms with E-state index in [4.69, 9.17) is 28.4 Å². The van der Waals surface area contributed by atoms with Crippen molar-refractivity contribution in [3.63, 3.8) is 0 Å². The van der Waals surface area contributed by atoms with Gasteiger partial charge in [-0.15, -0.1) is 0 Å². The molecule has 0 bridgehead atoms. The number of esters is 1. The van der Waals surface area contributed by atoms with Crippen LogP contribution in [0.15, 0.2) is 24.3 Å². The van der Waals surface area contributed by atoms with Gasteiger partial charge in [0, 0.05) is 32.7 Å². The molecule has 0 spiro atoms. The van der Waals surface area contributed by atoms with Gasteiger partial charge >= 0.3 is 24.3 Å². The van der Waals surface area contributed by atoms with Crippen molar-refractivity contribution in [3.05, 3.63) is 29.8 Å². The smallest absolute Gasteiger partial charge is 0.497 e. The quantitative estimate of drug-likeness (QED) is 0.274. The van der Waals surface area contributed by atoms with Gasteiger partial charge in [0.05, 0.1) is 26.1 Å². The zero-order chi connectivity index (χ0) is 35.2. The summed E-state index contributed by atoms with van der Waals surface area (Å²) in [4.78, 5) is 57.2. The number of rotatable bonds is 8. The molecule has 2 saturated heterocycles. The average molecular weight is 664 g/mol. The molecule has 3 rings (SSSR count). The first kappa shape index (κ1) is 37.7. The van der Waals surface area contributed by atoms with Crippen molar-refractivity contribution < 1.29 is 47.6 Å². The Bertz CT molecular complexity index is 1220. The molecule has 264 valence electrons. The van der Waals surface area contributed by atoms with Crippen LogP contribution in [0.4, 0.5) is 14.4 Å². The van der Waals surface area contributed by atoms with Crippen LogP contribution in [0.3, 0.4) is 0 Å². The first-order valence-corrected chi connectivity index (χ1v) is 16.1. The molecule has 0 aliphatic carbocycles. The lowest BCUT2D eigenvalue weighted by molar-refractivity contribution is -0.156. The summed E-state index contributed by atoms with van der Waals surface area (Å²) in [7, 11) is 1.57. The molecule has 47 heavy (non-hydrogen) atoms. The molecule has 2 fully saturated rings. The van der Waals surface area contributed by atoms with Crippen LogP contribution < -0.4 is 4.74 Å². The molecule has 3 atom stereocenters. The maximum Gasteiger partial charge on any atom is 0.509 e. The summed E-state index contributed by atoms with van der Waals surface area (Å²) in [5, 5.41) is 0. The van der Waals surface area contributed by atoms with Gasteiger partial charge in [-0.05, 0) is 86.4 Å². The lowest BCUT2D eigenvalue weighted by Gasteiger charge is -2.35. The molecular weight excluding hydrogens is 610 g/mol. The summed E-state index contributed by atoms with van der Waals surface area (Å²) in [5.74, 6) is 0.165. The minimum atomic E-state index is -0.998. The zero-order valence-corrected chi connectivity index (χ0v) is 29.6. The van der Waals surface area contributed by atoms with Crippen molar-refractivity contribution in [1.82, 2.24) is 14.7 Å². The van der Waals surface area contributed by atoms with Gasteiger partial charge in [0.25, 0.3) is 0 Å². The summed E-state index contributed by atoms with van der Waals surface area (Å²) in [5.41, 5.74) is -1.33. The van der Waals surface area contributed by atoms with Crippen LogP contribution in [0.5, 0.6) is 5.75 Å². The molecule has 2 aliphatic rings. The zero-order valence-electron chi connectivity index (χ0n) is 29.6. The van der Waals surface area contributed by atoms with E-state index in [9.17, 15) is 19.2 Å². The van der Waals surface area contributed by atoms with Crippen LogP contribution in [-0.4, -0.2) is 120 Å². The van der Waals surface area contributed by atoms with Crippen LogP contribution in [0.2, 0.25) is 0 Å². The summed E-state index contributed by atoms with van der Waals surface area (Å²) in [6, 6.07) is 6.64. The molecule has 2 heterocycles. The van der Waals surface area contributed by atoms with Crippen molar-refractivity contribution >= 4 is 24.3 Å². The van der Waals surface area contributed by atoms with E-state index in [1.165, 1.54) is 4.90 Å². The lowest BCUT2D eigenvalue weighted by atomic mass is 10.0. The topological polar surface area (TPSA) is 133 Å². The Morgan fingerprint density at radius 3 is 1.83 bits per heavy atom. The highest BCUT2D eigenvalue weighted by atomic mass is 16.7. The van der Waals surface area contributed by atoms with Gasteiger partial charge in [-0.3, -0.25) is 14.6 Å². The van der Waals surface area contributed by atoms with Gasteiger partial charge in [0.1, 0.15) is 22.6 Å². The maximum absolute atomic E-state index is 13.5. The van der Waals surface area contributed by atoms with Crippen LogP contribution in [0.25, 0.3) is 0 Å². The Hall–Kier alpha value is -3.74. The van der Waals surface area contributed by atoms with E-state index in [0.717, 1.165) is 5.56 Å². The molecule has 0 N–H and O–H groups in total. The summed E-state index contributed by atoms with van der Waals surface area (Å²) < 4.78 is 33.6. The standard InChI is InChI=1S/C34H53N3O10/c1-32(2,3)45-29(39)36-19-17-35(18-20-36)16-15-27(38)44-28-25(21-23-11-13-24(42-10)14-12-23)37(30(40)46-33(4,5)6)22-26(28)43-31(41)47-34(7,8)9/h11-14,25-26,28H,15-22H2,1-10H3/t25-,26+,28+/m1/s1. The highest BCUT2D eigenvalue weighted by Gasteiger charge is 2.50. The number of nitrogens with zero attached hydrogens (tertiary/aromatic N) is 3. The van der Waals surface area contributed by atoms with Crippen molar-refractivity contribution in [3.8, 4) is 5.75 Å². The molecule has 13 heteroatoms. The first-order valence-electron chi connectivity index (χ1n) is 16.1. The molecule has 1 aromatic rings. The fourth-order valence-electron chi connectivity index (χ4n) is 5.22. The third kappa shape index (κ3) is 12.4. The highest BCUT2D eigenvalue weighted by Crippen LogP contribution is 2.30. The number of benzene rings is 1. The van der Waals surface area contributed by atoms with Gasteiger partial charge in [-0.25, -0.2) is 14.4 Å². The van der Waals surface area contributed by atoms with Gasteiger partial charge < -0.3 is 33.3 Å². The van der Waals surface area contributed by atoms with E-state index >= 15 is 0 Å². The Kier molecular flexibility index (Phi) is 12.4. The van der Waals surface area contributed by atoms with Crippen LogP contribution in [0, 0.1) is 0 Å². The molecule has 0 aromatic heterocycles. The molecule has 2 aliphatic heterocycles. The maximum atomic E-state index is 13.5. The van der Waals surface area contributed by atoms with Gasteiger partial charge in [0.15, 0.2) is 12.2 Å². The number of ether oxygens (including phenoxy) is 6. The second-order valence-electron chi connectivity index (χ2n) is 14.9. The van der Waals surface area contributed by atoms with E-state index in [0.29, 0.717) is 44.9 Å². The number of carbonyl (C=O) groups is 4. The summed E-state index contributed by atoms with van der Waals surface area (Å²) in [6.45, 7) is 18.4. The number of hydrogen-bond donors (Lipinski definition) is 0. The van der Waals surface area contributed by atoms with Crippen molar-refractivity contribution in [2.24, 2.45) is 0 Å². The van der Waals surface area contributed by atoms with Crippen molar-refractivity contribution in [2.75, 3.05) is 46.4 Å². The summed E-state index contributed by atoms with van der Waals surface area (Å²) in [6.07, 6.45) is -3.54. The largest absolute Gasteiger partial charge is 0.509 e. The van der Waals surface area contributed by atoms with Gasteiger partial charge in [-0.2, -0.15) is 0 Å². The number of amides is 2. The molecule has 2 amide bonds. The Balaban J connectivity index is 1.76. The van der Waals surface area contributed by atoms with E-state index in [-0.39, 0.29) is 19.1 Å². The van der Waals surface area contributed by atoms with E-state index < -0.39 is 53.3 Å². The number of hydrogen-bond acceptors (Lipinski definition) is 11. The normalized spacial score (nSPS) is 20.8. The fourth-order valence-corrected chi connectivity index (χ4v) is 5.22. The van der Waals surface area contributed by atoms with Crippen LogP contribution in [0.1, 0.15) is 74.3 Å². The Morgan fingerprint density at radius 2 is 1.30 bits per heavy atom. The summed E-state index contributed by atoms with van der Waals surface area (Å²) >= 11 is 0. The highest BCUT2D eigenvalue weighted by molar-refractivity contribution is 5.72. The SMILES string of the molecule is COc1ccc(C[C@@H]2[C@H](OC(=O)CCN3CCN(C(=O)OC(C)(C)C)CC3)[C@@H](OC(=O)OC(C)(C)C)CN2C(=O)OC(C)(C)C)cc1. The predicted molar refractivity (Wildman–Crippen MR) is 173 cm³/mol. The number of carbonyl (C=O) groups excluding carboxylic acids is 4. The molecular formula is C34H53N3O10. The predicted octanol–water partition coefficient (Wildman–Crippen LogP) is 5.03. The van der Waals surface area contributed by atoms with E-state index in [1.807, 2.05) is 32.9 Å². The molecule has 0 unspecified atom stereocenters. The van der Waals surface area contributed by atoms with Crippen molar-refractivity contribution in [2.45, 2.75) is 110 Å². The number of likely N-dealkylation sites (tertiary alicyclic amines) is 1. The Labute approximate surface area is 278 Å². The van der Waals surface area contributed by atoms with Crippen LogP contribution >= 0.6 is 0 Å². The van der Waals surface area contributed by atoms with Crippen LogP contribution in [-0.2, 0) is 34.9 Å². The molecule has 0 radical (unpaired) electrons. The second-order valence-corrected chi connectivity index (χ2v) is 14.9. The van der Waals surface area contributed by atoms with E-state index in [1.54, 1.807) is 65.7 Å². The first-order chi connectivity index (χ1) is 21.7. The molecule has 0 saturated carbocycles. The number of piperazine rings is 1. The minimum absolute atomic E-state index is 0.0560. The van der Waals surface area contributed by atoms with Crippen molar-refractivity contribution in [1.29, 1.82) is 0 Å². The number of methoxy groups -OCH3 is 1. The van der Waals surface area contributed by atoms with Gasteiger partial charge in [0.2, 0.25) is 0 Å². The third-order valence-corrected chi connectivity index (χ3v) is 7.32. The van der Waals surface area contributed by atoms with Gasteiger partial charge in [-0.1, -0.05) is 12.1 Å². The van der Waals surface area contributed by atoms with E-state index in [2.05, 4.69) is 4.90 Å². The monoisotopic (exact) mass is 663 g/mol. The minimum Gasteiger partial charge on any atom is -0.497 e. The second kappa shape index (κ2) is 15.4. The lowest BCUT2D eigenvalue weighted by Crippen LogP contribution is -2.50.